The Morgan fingerprint density at radius 3 is 1.71 bits per heavy atom. The van der Waals surface area contributed by atoms with Gasteiger partial charge in [-0.25, -0.2) is 27.4 Å². The molecule has 3 N–H and O–H groups in total. The lowest BCUT2D eigenvalue weighted by molar-refractivity contribution is -0.432. The maximum absolute atomic E-state index is 13.6. The second-order valence-corrected chi connectivity index (χ2v) is 21.1. The molecule has 0 fully saturated rings. The molecule has 0 aliphatic heterocycles. The number of rotatable bonds is 19. The molecule has 7 aromatic carbocycles. The minimum atomic E-state index is -4.95. The van der Waals surface area contributed by atoms with Crippen LogP contribution in [0.4, 0.5) is 0 Å². The number of methoxy groups -OCH3 is 1. The zero-order valence-electron chi connectivity index (χ0n) is 34.2. The molecule has 0 aliphatic carbocycles. The third-order valence-corrected chi connectivity index (χ3v) is 16.2. The average Bonchev–Trinajstić information content (AvgIpc) is 3.30. The maximum atomic E-state index is 13.6. The van der Waals surface area contributed by atoms with Crippen molar-refractivity contribution < 1.29 is 68.5 Å². The number of fused-ring (bicyclic) bond motifs is 1. The molecule has 0 aliphatic rings. The van der Waals surface area contributed by atoms with Crippen LogP contribution < -0.4 is 9.47 Å². The molecule has 0 unspecified atom stereocenters. The van der Waals surface area contributed by atoms with E-state index in [0.717, 1.165) is 28.0 Å². The van der Waals surface area contributed by atoms with E-state index in [1.807, 2.05) is 30.3 Å². The van der Waals surface area contributed by atoms with E-state index in [0.29, 0.717) is 75.1 Å². The quantitative estimate of drug-likeness (QED) is 0.0297. The Morgan fingerprint density at radius 2 is 1.06 bits per heavy atom. The van der Waals surface area contributed by atoms with Crippen LogP contribution in [0.15, 0.2) is 174 Å². The first kappa shape index (κ1) is 47.6. The monoisotopic (exact) mass is 978 g/mol. The van der Waals surface area contributed by atoms with Gasteiger partial charge in [0.1, 0.15) is 17.2 Å². The Balaban J connectivity index is 1.04. The predicted octanol–water partition coefficient (Wildman–Crippen LogP) is 10.1. The molecular weight excluding hydrogens is 941 g/mol. The summed E-state index contributed by atoms with van der Waals surface area (Å²) in [6, 6.07) is 36.6. The van der Waals surface area contributed by atoms with Crippen molar-refractivity contribution in [2.45, 2.75) is 60.5 Å². The van der Waals surface area contributed by atoms with Crippen molar-refractivity contribution in [3.05, 3.63) is 167 Å². The van der Waals surface area contributed by atoms with Crippen molar-refractivity contribution in [1.82, 2.24) is 0 Å². The van der Waals surface area contributed by atoms with Gasteiger partial charge in [0.05, 0.1) is 55.7 Å². The Hall–Kier alpha value is -5.33. The fourth-order valence-corrected chi connectivity index (χ4v) is 11.4. The summed E-state index contributed by atoms with van der Waals surface area (Å²) < 4.78 is 111. The number of hydrogen-bond acceptors (Lipinski definition) is 16. The molecule has 7 aromatic rings. The highest BCUT2D eigenvalue weighted by atomic mass is 32.2. The van der Waals surface area contributed by atoms with Crippen molar-refractivity contribution in [2.24, 2.45) is 0 Å². The summed E-state index contributed by atoms with van der Waals surface area (Å²) in [7, 11) is -11.5. The first-order chi connectivity index (χ1) is 31.1. The smallest absolute Gasteiger partial charge is 0.294 e. The van der Waals surface area contributed by atoms with E-state index < -0.39 is 39.6 Å². The fraction of sp³-hybridized carbons (Fsp3) is 0.111. The first-order valence-corrected chi connectivity index (χ1v) is 25.1. The molecule has 0 heterocycles. The van der Waals surface area contributed by atoms with E-state index in [-0.39, 0.29) is 26.7 Å². The third-order valence-electron chi connectivity index (χ3n) is 10.3. The zero-order chi connectivity index (χ0) is 46.4. The fourth-order valence-electron chi connectivity index (χ4n) is 6.93. The summed E-state index contributed by atoms with van der Waals surface area (Å²) in [5.41, 5.74) is 2.77. The lowest BCUT2D eigenvalue weighted by Gasteiger charge is -2.14. The molecule has 0 amide bonds. The Kier molecular flexibility index (Phi) is 15.0. The molecule has 338 valence electrons. The van der Waals surface area contributed by atoms with Gasteiger partial charge in [0.2, 0.25) is 19.7 Å². The molecule has 0 aromatic heterocycles. The molecule has 15 nitrogen and oxygen atoms in total. The summed E-state index contributed by atoms with van der Waals surface area (Å²) >= 11 is 1.20. The van der Waals surface area contributed by atoms with Crippen LogP contribution in [-0.4, -0.2) is 47.4 Å². The zero-order valence-corrected chi connectivity index (χ0v) is 38.3. The number of aryl methyl sites for hydroxylation is 3. The third kappa shape index (κ3) is 11.0. The summed E-state index contributed by atoms with van der Waals surface area (Å²) in [4.78, 5) is -0.373. The second kappa shape index (κ2) is 20.5. The van der Waals surface area contributed by atoms with Crippen molar-refractivity contribution in [2.75, 3.05) is 7.11 Å². The van der Waals surface area contributed by atoms with Gasteiger partial charge in [-0.1, -0.05) is 70.7 Å². The van der Waals surface area contributed by atoms with Crippen molar-refractivity contribution in [3.8, 4) is 17.2 Å². The van der Waals surface area contributed by atoms with Gasteiger partial charge in [-0.3, -0.25) is 4.55 Å². The summed E-state index contributed by atoms with van der Waals surface area (Å²) in [6.45, 7) is 1.67. The summed E-state index contributed by atoms with van der Waals surface area (Å²) in [5.74, 6) is 1.76. The van der Waals surface area contributed by atoms with E-state index in [4.69, 9.17) is 24.3 Å². The molecule has 65 heavy (non-hydrogen) atoms. The van der Waals surface area contributed by atoms with Crippen molar-refractivity contribution in [3.63, 3.8) is 0 Å². The van der Waals surface area contributed by atoms with Crippen LogP contribution in [0.25, 0.3) is 10.8 Å². The van der Waals surface area contributed by atoms with Gasteiger partial charge in [-0.2, -0.15) is 8.42 Å². The van der Waals surface area contributed by atoms with Crippen LogP contribution in [0.5, 0.6) is 17.2 Å². The molecule has 0 atom stereocenters. The number of sulfone groups is 2. The van der Waals surface area contributed by atoms with Gasteiger partial charge in [0, 0.05) is 27.0 Å². The largest absolute Gasteiger partial charge is 0.496 e. The molecule has 0 spiro atoms. The Morgan fingerprint density at radius 1 is 0.538 bits per heavy atom. The van der Waals surface area contributed by atoms with Crippen LogP contribution in [0.2, 0.25) is 0 Å². The normalized spacial score (nSPS) is 12.1. The number of ether oxygens (including phenoxy) is 2. The van der Waals surface area contributed by atoms with Gasteiger partial charge in [0.15, 0.2) is 0 Å². The van der Waals surface area contributed by atoms with Gasteiger partial charge >= 0.3 is 0 Å². The molecule has 0 saturated heterocycles. The Labute approximate surface area is 383 Å². The van der Waals surface area contributed by atoms with Crippen LogP contribution in [0, 0.1) is 6.92 Å². The van der Waals surface area contributed by atoms with Gasteiger partial charge in [0.25, 0.3) is 10.1 Å². The van der Waals surface area contributed by atoms with Crippen molar-refractivity contribution in [1.29, 1.82) is 0 Å². The van der Waals surface area contributed by atoms with Crippen LogP contribution in [0.1, 0.15) is 27.8 Å². The van der Waals surface area contributed by atoms with E-state index in [2.05, 4.69) is 14.4 Å². The first-order valence-electron chi connectivity index (χ1n) is 19.2. The lowest BCUT2D eigenvalue weighted by Crippen LogP contribution is -2.09. The summed E-state index contributed by atoms with van der Waals surface area (Å²) in [6.07, 6.45) is 0.855. The highest BCUT2D eigenvalue weighted by Crippen LogP contribution is 2.37. The highest BCUT2D eigenvalue weighted by molar-refractivity contribution is 7.95. The molecule has 0 saturated carbocycles. The Bertz CT molecular complexity index is 3180. The molecule has 7 rings (SSSR count). The molecule has 0 bridgehead atoms. The number of benzene rings is 7. The van der Waals surface area contributed by atoms with Crippen LogP contribution in [0.3, 0.4) is 0 Å². The molecule has 20 heteroatoms. The minimum Gasteiger partial charge on any atom is -0.496 e. The topological polar surface area (TPSA) is 218 Å². The predicted molar refractivity (Wildman–Crippen MR) is 240 cm³/mol. The summed E-state index contributed by atoms with van der Waals surface area (Å²) in [5, 5.41) is 26.6. The minimum absolute atomic E-state index is 0.0567. The van der Waals surface area contributed by atoms with Crippen molar-refractivity contribution >= 4 is 64.7 Å². The SMILES string of the molecule is COc1ccc(Oc2ccc(S(=O)(=O)c3ccc(CCc4ccc(Cc5ccc(S(=O)(=O)c6ccc(C)c(SOOO)c6)cc5S(=O)(=O)O)c(SOOO)c4)cc3)cc2)c2ccccc12. The van der Waals surface area contributed by atoms with Gasteiger partial charge in [-0.15, -0.1) is 8.67 Å². The molecular formula is C45H38O15S5. The van der Waals surface area contributed by atoms with Crippen LogP contribution in [-0.2, 0) is 67.8 Å². The maximum Gasteiger partial charge on any atom is 0.294 e. The standard InChI is InChI=1S/C45H38O15S5/c1-29-7-17-37(27-43(29)61-59-57-46)64(50,51)38-20-14-33(45(28-38)65(52,53)54)26-32-13-10-31(25-44(32)62-60-58-47)9-8-30-11-18-35(19-12-30)63(48,49)36-21-15-34(16-22-36)56-42-24-23-41(55-2)39-5-3-4-6-40(39)42/h3-7,10-25,27-28,46-47H,8-9,26H2,1-2H3,(H,52,53,54). The van der Waals surface area contributed by atoms with Crippen LogP contribution >= 0.6 is 24.1 Å². The van der Waals surface area contributed by atoms with Gasteiger partial charge in [-0.05, 0) is 126 Å². The van der Waals surface area contributed by atoms with E-state index in [9.17, 15) is 29.8 Å². The molecule has 0 radical (unpaired) electrons. The average molecular weight is 979 g/mol. The van der Waals surface area contributed by atoms with E-state index in [1.165, 1.54) is 42.5 Å². The number of hydrogen-bond donors (Lipinski definition) is 3. The van der Waals surface area contributed by atoms with E-state index in [1.54, 1.807) is 74.7 Å². The highest BCUT2D eigenvalue weighted by Gasteiger charge is 2.25. The van der Waals surface area contributed by atoms with Gasteiger partial charge < -0.3 is 9.47 Å². The van der Waals surface area contributed by atoms with E-state index >= 15 is 0 Å². The lowest BCUT2D eigenvalue weighted by atomic mass is 10.00. The second-order valence-electron chi connectivity index (χ2n) is 14.3.